The molecule has 0 unspecified atom stereocenters. The van der Waals surface area contributed by atoms with Gasteiger partial charge >= 0.3 is 0 Å². The molecule has 19 heavy (non-hydrogen) atoms. The maximum atomic E-state index is 2.40. The highest BCUT2D eigenvalue weighted by Crippen LogP contribution is 2.63. The Kier molecular flexibility index (Phi) is 3.46. The minimum absolute atomic E-state index is 1.13. The molecule has 1 aliphatic heterocycles. The first-order valence-electron chi connectivity index (χ1n) is 7.40. The average Bonchev–Trinajstić information content (AvgIpc) is 2.72. The third-order valence-corrected chi connectivity index (χ3v) is 9.28. The Morgan fingerprint density at radius 2 is 1.11 bits per heavy atom. The Hall–Kier alpha value is -1.13. The molecule has 0 aliphatic carbocycles. The van der Waals surface area contributed by atoms with Gasteiger partial charge in [-0.15, -0.1) is 0 Å². The van der Waals surface area contributed by atoms with Crippen molar-refractivity contribution in [2.45, 2.75) is 26.7 Å². The Labute approximate surface area is 117 Å². The van der Waals surface area contributed by atoms with Crippen molar-refractivity contribution in [3.63, 3.8) is 0 Å². The summed E-state index contributed by atoms with van der Waals surface area (Å²) in [6, 6.07) is 18.3. The molecule has 0 N–H and O–H groups in total. The van der Waals surface area contributed by atoms with E-state index in [0.717, 1.165) is 0 Å². The van der Waals surface area contributed by atoms with Crippen LogP contribution in [0.2, 0.25) is 0 Å². The molecule has 0 saturated carbocycles. The number of fused-ring (bicyclic) bond motifs is 3. The van der Waals surface area contributed by atoms with E-state index < -0.39 is 7.26 Å². The fourth-order valence-corrected chi connectivity index (χ4v) is 8.66. The summed E-state index contributed by atoms with van der Waals surface area (Å²) in [7, 11) is -1.13. The lowest BCUT2D eigenvalue weighted by Gasteiger charge is -2.34. The van der Waals surface area contributed by atoms with Crippen LogP contribution in [-0.4, -0.2) is 12.3 Å². The molecule has 1 heterocycles. The van der Waals surface area contributed by atoms with Crippen LogP contribution in [-0.2, 0) is 0 Å². The van der Waals surface area contributed by atoms with Crippen LogP contribution < -0.4 is 10.6 Å². The lowest BCUT2D eigenvalue weighted by atomic mass is 10.1. The Bertz CT molecular complexity index is 532. The van der Waals surface area contributed by atoms with E-state index in [-0.39, 0.29) is 0 Å². The Morgan fingerprint density at radius 3 is 1.53 bits per heavy atom. The Morgan fingerprint density at radius 1 is 0.684 bits per heavy atom. The summed E-state index contributed by atoms with van der Waals surface area (Å²) in [5.74, 6) is 0. The quantitative estimate of drug-likeness (QED) is 0.719. The Balaban J connectivity index is 2.28. The molecular weight excluding hydrogens is 247 g/mol. The molecule has 0 amide bonds. The van der Waals surface area contributed by atoms with E-state index in [1.807, 2.05) is 0 Å². The van der Waals surface area contributed by atoms with Crippen LogP contribution in [0.3, 0.4) is 0 Å². The maximum Gasteiger partial charge on any atom is -0.0101 e. The SMILES string of the molecule is CCC[P]1(CCC)c2ccccc2-c2ccccc21. The topological polar surface area (TPSA) is 0 Å². The lowest BCUT2D eigenvalue weighted by Crippen LogP contribution is -2.22. The van der Waals surface area contributed by atoms with E-state index in [0.29, 0.717) is 0 Å². The minimum Gasteiger partial charge on any atom is -0.0687 e. The second-order valence-electron chi connectivity index (χ2n) is 5.45. The highest BCUT2D eigenvalue weighted by Gasteiger charge is 2.39. The normalized spacial score (nSPS) is 15.1. The predicted molar refractivity (Wildman–Crippen MR) is 88.4 cm³/mol. The summed E-state index contributed by atoms with van der Waals surface area (Å²) < 4.78 is 0. The third kappa shape index (κ3) is 1.85. The summed E-state index contributed by atoms with van der Waals surface area (Å²) in [5, 5.41) is 3.33. The van der Waals surface area contributed by atoms with Gasteiger partial charge in [-0.05, 0) is 34.1 Å². The van der Waals surface area contributed by atoms with E-state index in [1.54, 1.807) is 10.6 Å². The van der Waals surface area contributed by atoms with Gasteiger partial charge in [0, 0.05) is 0 Å². The van der Waals surface area contributed by atoms with Gasteiger partial charge in [0.05, 0.1) is 0 Å². The number of hydrogen-bond donors (Lipinski definition) is 0. The van der Waals surface area contributed by atoms with Crippen LogP contribution >= 0.6 is 7.26 Å². The highest BCUT2D eigenvalue weighted by molar-refractivity contribution is 7.90. The van der Waals surface area contributed by atoms with Gasteiger partial charge in [0.1, 0.15) is 0 Å². The van der Waals surface area contributed by atoms with E-state index in [1.165, 1.54) is 36.3 Å². The van der Waals surface area contributed by atoms with Gasteiger partial charge in [0.15, 0.2) is 0 Å². The molecular formula is C18H22P. The van der Waals surface area contributed by atoms with Crippen molar-refractivity contribution in [3.05, 3.63) is 48.5 Å². The van der Waals surface area contributed by atoms with E-state index >= 15 is 0 Å². The summed E-state index contributed by atoms with van der Waals surface area (Å²) in [5.41, 5.74) is 3.02. The predicted octanol–water partition coefficient (Wildman–Crippen LogP) is 4.46. The van der Waals surface area contributed by atoms with Crippen LogP contribution in [0.1, 0.15) is 26.7 Å². The van der Waals surface area contributed by atoms with Gasteiger partial charge in [0.25, 0.3) is 0 Å². The molecule has 0 spiro atoms. The molecule has 3 rings (SSSR count). The molecule has 0 aromatic heterocycles. The van der Waals surface area contributed by atoms with Crippen molar-refractivity contribution in [2.75, 3.05) is 12.3 Å². The zero-order chi connectivity index (χ0) is 13.3. The van der Waals surface area contributed by atoms with Crippen molar-refractivity contribution < 1.29 is 0 Å². The van der Waals surface area contributed by atoms with Gasteiger partial charge < -0.3 is 0 Å². The first-order chi connectivity index (χ1) is 9.33. The maximum absolute atomic E-state index is 2.40. The smallest absolute Gasteiger partial charge is 0.0101 e. The van der Waals surface area contributed by atoms with Crippen molar-refractivity contribution >= 4 is 17.9 Å². The fourth-order valence-electron chi connectivity index (χ4n) is 3.64. The van der Waals surface area contributed by atoms with Gasteiger partial charge in [-0.3, -0.25) is 0 Å². The first kappa shape index (κ1) is 12.9. The lowest BCUT2D eigenvalue weighted by molar-refractivity contribution is 1.05. The molecule has 0 bridgehead atoms. The average molecular weight is 269 g/mol. The molecule has 1 radical (unpaired) electrons. The summed E-state index contributed by atoms with van der Waals surface area (Å²) in [6.45, 7) is 4.67. The van der Waals surface area contributed by atoms with Crippen LogP contribution in [0.15, 0.2) is 48.5 Å². The van der Waals surface area contributed by atoms with Gasteiger partial charge in [-0.25, -0.2) is 0 Å². The summed E-state index contributed by atoms with van der Waals surface area (Å²) in [4.78, 5) is 0. The molecule has 0 saturated heterocycles. The number of benzene rings is 2. The fraction of sp³-hybridized carbons (Fsp3) is 0.333. The molecule has 0 fully saturated rings. The second kappa shape index (κ2) is 5.10. The molecule has 99 valence electrons. The standard InChI is InChI=1S/C18H22P/c1-3-13-19(14-4-2)17-11-7-5-9-15(17)16-10-6-8-12-18(16)19/h5-12H,3-4,13-14H2,1-2H3. The monoisotopic (exact) mass is 269 g/mol. The van der Waals surface area contributed by atoms with Crippen molar-refractivity contribution in [3.8, 4) is 11.1 Å². The number of rotatable bonds is 4. The second-order valence-corrected chi connectivity index (χ2v) is 9.24. The zero-order valence-corrected chi connectivity index (χ0v) is 12.8. The van der Waals surface area contributed by atoms with Gasteiger partial charge in [0.2, 0.25) is 0 Å². The number of hydrogen-bond acceptors (Lipinski definition) is 0. The molecule has 0 nitrogen and oxygen atoms in total. The zero-order valence-electron chi connectivity index (χ0n) is 11.9. The highest BCUT2D eigenvalue weighted by atomic mass is 31.2. The van der Waals surface area contributed by atoms with Crippen molar-refractivity contribution in [1.29, 1.82) is 0 Å². The van der Waals surface area contributed by atoms with Crippen LogP contribution in [0.25, 0.3) is 11.1 Å². The van der Waals surface area contributed by atoms with E-state index in [4.69, 9.17) is 0 Å². The van der Waals surface area contributed by atoms with Crippen LogP contribution in [0.4, 0.5) is 0 Å². The first-order valence-corrected chi connectivity index (χ1v) is 9.56. The molecule has 0 atom stereocenters. The van der Waals surface area contributed by atoms with Crippen molar-refractivity contribution in [2.24, 2.45) is 0 Å². The largest absolute Gasteiger partial charge is 0.0687 e. The minimum atomic E-state index is -1.13. The molecule has 2 aromatic carbocycles. The van der Waals surface area contributed by atoms with E-state index in [2.05, 4.69) is 62.4 Å². The van der Waals surface area contributed by atoms with Crippen LogP contribution in [0.5, 0.6) is 0 Å². The third-order valence-electron chi connectivity index (χ3n) is 4.23. The molecule has 1 heteroatoms. The van der Waals surface area contributed by atoms with Crippen LogP contribution in [0, 0.1) is 0 Å². The molecule has 2 aromatic rings. The van der Waals surface area contributed by atoms with Crippen molar-refractivity contribution in [1.82, 2.24) is 0 Å². The summed E-state index contributed by atoms with van der Waals surface area (Å²) in [6.07, 6.45) is 5.32. The summed E-state index contributed by atoms with van der Waals surface area (Å²) >= 11 is 0. The molecule has 1 aliphatic rings. The van der Waals surface area contributed by atoms with Gasteiger partial charge in [-0.2, -0.15) is 0 Å². The van der Waals surface area contributed by atoms with Gasteiger partial charge in [-0.1, -0.05) is 82.5 Å². The van der Waals surface area contributed by atoms with E-state index in [9.17, 15) is 0 Å².